The predicted molar refractivity (Wildman–Crippen MR) is 156 cm³/mol. The largest absolute Gasteiger partial charge is 0.508 e. The number of aromatic nitrogens is 1. The van der Waals surface area contributed by atoms with Crippen LogP contribution in [-0.4, -0.2) is 49.8 Å². The van der Waals surface area contributed by atoms with E-state index >= 15 is 0 Å². The van der Waals surface area contributed by atoms with E-state index in [1.807, 2.05) is 18.3 Å². The third kappa shape index (κ3) is 5.92. The maximum Gasteiger partial charge on any atom is 0.201 e. The SMILES string of the molecule is CCCCCc1cc(C2CCC3C(O)CC(c4c(CO)c(O)c(O)c(OC)c4Cc4cc[nH]c4)OC3C2)ccc1O. The number of aromatic hydroxyl groups is 3. The van der Waals surface area contributed by atoms with Crippen molar-refractivity contribution < 1.29 is 35.0 Å². The molecule has 5 unspecified atom stereocenters. The fraction of sp³-hybridized carbons (Fsp3) is 0.515. The van der Waals surface area contributed by atoms with Crippen molar-refractivity contribution in [3.63, 3.8) is 0 Å². The molecule has 0 spiro atoms. The van der Waals surface area contributed by atoms with Crippen LogP contribution in [0.15, 0.2) is 36.7 Å². The van der Waals surface area contributed by atoms with Gasteiger partial charge in [0.05, 0.1) is 32.0 Å². The lowest BCUT2D eigenvalue weighted by Crippen LogP contribution is -2.44. The smallest absolute Gasteiger partial charge is 0.201 e. The van der Waals surface area contributed by atoms with E-state index in [0.29, 0.717) is 29.7 Å². The molecule has 41 heavy (non-hydrogen) atoms. The molecule has 5 atom stereocenters. The van der Waals surface area contributed by atoms with Gasteiger partial charge in [-0.3, -0.25) is 0 Å². The van der Waals surface area contributed by atoms with Crippen molar-refractivity contribution in [2.24, 2.45) is 5.92 Å². The van der Waals surface area contributed by atoms with Gasteiger partial charge in [-0.05, 0) is 72.4 Å². The first kappa shape index (κ1) is 29.3. The third-order valence-corrected chi connectivity index (χ3v) is 9.13. The van der Waals surface area contributed by atoms with Crippen molar-refractivity contribution >= 4 is 0 Å². The van der Waals surface area contributed by atoms with Crippen LogP contribution in [0, 0.1) is 5.92 Å². The predicted octanol–water partition coefficient (Wildman–Crippen LogP) is 5.73. The number of phenolic OH excluding ortho intramolecular Hbond substituents is 2. The van der Waals surface area contributed by atoms with Crippen molar-refractivity contribution in [1.82, 2.24) is 4.98 Å². The highest BCUT2D eigenvalue weighted by Gasteiger charge is 2.44. The molecule has 5 rings (SSSR count). The Balaban J connectivity index is 1.46. The number of unbranched alkanes of at least 4 members (excludes halogenated alkanes) is 2. The first-order valence-electron chi connectivity index (χ1n) is 14.9. The number of H-pyrrole nitrogens is 1. The molecule has 1 aromatic heterocycles. The number of aryl methyl sites for hydroxylation is 1. The van der Waals surface area contributed by atoms with Gasteiger partial charge < -0.3 is 40.0 Å². The van der Waals surface area contributed by atoms with Gasteiger partial charge in [-0.15, -0.1) is 0 Å². The van der Waals surface area contributed by atoms with Crippen molar-refractivity contribution in [1.29, 1.82) is 0 Å². The lowest BCUT2D eigenvalue weighted by atomic mass is 9.71. The third-order valence-electron chi connectivity index (χ3n) is 9.13. The van der Waals surface area contributed by atoms with Gasteiger partial charge in [0.1, 0.15) is 5.75 Å². The van der Waals surface area contributed by atoms with Crippen LogP contribution in [0.2, 0.25) is 0 Å². The Bertz CT molecular complexity index is 1320. The van der Waals surface area contributed by atoms with Crippen LogP contribution < -0.4 is 4.74 Å². The first-order valence-corrected chi connectivity index (χ1v) is 14.9. The highest BCUT2D eigenvalue weighted by Crippen LogP contribution is 2.52. The number of phenols is 3. The molecule has 3 aromatic rings. The van der Waals surface area contributed by atoms with Crippen molar-refractivity contribution in [3.05, 3.63) is 70.0 Å². The summed E-state index contributed by atoms with van der Waals surface area (Å²) in [5.41, 5.74) is 4.46. The van der Waals surface area contributed by atoms with Crippen LogP contribution >= 0.6 is 0 Å². The lowest BCUT2D eigenvalue weighted by Gasteiger charge is -2.45. The molecule has 1 saturated heterocycles. The van der Waals surface area contributed by atoms with Gasteiger partial charge in [0.25, 0.3) is 0 Å². The first-order chi connectivity index (χ1) is 19.9. The van der Waals surface area contributed by atoms with Crippen LogP contribution in [0.5, 0.6) is 23.0 Å². The average molecular weight is 566 g/mol. The number of hydrogen-bond acceptors (Lipinski definition) is 7. The van der Waals surface area contributed by atoms with Crippen LogP contribution in [0.4, 0.5) is 0 Å². The summed E-state index contributed by atoms with van der Waals surface area (Å²) < 4.78 is 12.3. The number of benzene rings is 2. The van der Waals surface area contributed by atoms with E-state index in [2.05, 4.69) is 18.0 Å². The summed E-state index contributed by atoms with van der Waals surface area (Å²) in [5, 5.41) is 53.7. The fourth-order valence-corrected chi connectivity index (χ4v) is 6.97. The van der Waals surface area contributed by atoms with Crippen molar-refractivity contribution in [2.45, 2.75) is 95.5 Å². The zero-order valence-electron chi connectivity index (χ0n) is 24.0. The molecule has 1 aliphatic carbocycles. The Kier molecular flexibility index (Phi) is 9.12. The van der Waals surface area contributed by atoms with Gasteiger partial charge >= 0.3 is 0 Å². The quantitative estimate of drug-likeness (QED) is 0.136. The Morgan fingerprint density at radius 1 is 1.02 bits per heavy atom. The van der Waals surface area contributed by atoms with Gasteiger partial charge in [0, 0.05) is 42.3 Å². The van der Waals surface area contributed by atoms with E-state index in [9.17, 15) is 25.5 Å². The second-order valence-electron chi connectivity index (χ2n) is 11.6. The number of aromatic amines is 1. The normalized spacial score (nSPS) is 24.2. The second-order valence-corrected chi connectivity index (χ2v) is 11.6. The van der Waals surface area contributed by atoms with E-state index in [0.717, 1.165) is 56.1 Å². The average Bonchev–Trinajstić information content (AvgIpc) is 3.49. The second kappa shape index (κ2) is 12.8. The van der Waals surface area contributed by atoms with Crippen LogP contribution in [0.3, 0.4) is 0 Å². The number of aliphatic hydroxyl groups is 2. The van der Waals surface area contributed by atoms with E-state index in [1.54, 1.807) is 12.3 Å². The summed E-state index contributed by atoms with van der Waals surface area (Å²) in [6.45, 7) is 1.67. The molecule has 222 valence electrons. The summed E-state index contributed by atoms with van der Waals surface area (Å²) in [5.74, 6) is -0.152. The summed E-state index contributed by atoms with van der Waals surface area (Å²) in [7, 11) is 1.43. The molecule has 6 N–H and O–H groups in total. The van der Waals surface area contributed by atoms with E-state index < -0.39 is 30.3 Å². The molecule has 1 saturated carbocycles. The van der Waals surface area contributed by atoms with Crippen LogP contribution in [0.25, 0.3) is 0 Å². The number of hydrogen-bond donors (Lipinski definition) is 6. The van der Waals surface area contributed by atoms with Gasteiger partial charge in [-0.2, -0.15) is 0 Å². The van der Waals surface area contributed by atoms with Gasteiger partial charge in [0.15, 0.2) is 11.5 Å². The van der Waals surface area contributed by atoms with Crippen LogP contribution in [0.1, 0.15) is 97.3 Å². The molecule has 2 fully saturated rings. The summed E-state index contributed by atoms with van der Waals surface area (Å²) in [6, 6.07) is 7.85. The zero-order valence-corrected chi connectivity index (χ0v) is 24.0. The Morgan fingerprint density at radius 3 is 2.56 bits per heavy atom. The van der Waals surface area contributed by atoms with Crippen molar-refractivity contribution in [3.8, 4) is 23.0 Å². The number of methoxy groups -OCH3 is 1. The molecule has 8 heteroatoms. The number of aliphatic hydroxyl groups excluding tert-OH is 2. The number of fused-ring (bicyclic) bond motifs is 1. The van der Waals surface area contributed by atoms with E-state index in [4.69, 9.17) is 9.47 Å². The molecule has 0 amide bonds. The standard InChI is InChI=1S/C33H43NO7/c1-3-4-5-6-22-14-20(8-10-26(22)36)21-7-9-23-27(37)16-29(41-28(23)15-21)30-24(13-19-11-12-34-17-19)33(40-2)32(39)31(38)25(30)18-35/h8,10-12,14,17,21,23,27-29,34-39H,3-7,9,13,15-16,18H2,1-2H3. The Morgan fingerprint density at radius 2 is 1.85 bits per heavy atom. The monoisotopic (exact) mass is 565 g/mol. The molecule has 2 aliphatic rings. The summed E-state index contributed by atoms with van der Waals surface area (Å²) >= 11 is 0. The molecular formula is C33H43NO7. The fourth-order valence-electron chi connectivity index (χ4n) is 6.97. The topological polar surface area (TPSA) is 135 Å². The minimum absolute atomic E-state index is 0.0121. The highest BCUT2D eigenvalue weighted by molar-refractivity contribution is 5.64. The molecular weight excluding hydrogens is 522 g/mol. The summed E-state index contributed by atoms with van der Waals surface area (Å²) in [4.78, 5) is 3.04. The lowest BCUT2D eigenvalue weighted by molar-refractivity contribution is -0.154. The minimum Gasteiger partial charge on any atom is -0.508 e. The van der Waals surface area contributed by atoms with Crippen LogP contribution in [-0.2, 0) is 24.2 Å². The minimum atomic E-state index is -0.613. The van der Waals surface area contributed by atoms with Gasteiger partial charge in [-0.25, -0.2) is 0 Å². The molecule has 0 radical (unpaired) electrons. The maximum atomic E-state index is 11.3. The molecule has 8 nitrogen and oxygen atoms in total. The summed E-state index contributed by atoms with van der Waals surface area (Å²) in [6.07, 6.45) is 9.52. The number of nitrogens with one attached hydrogen (secondary N) is 1. The molecule has 2 aromatic carbocycles. The van der Waals surface area contributed by atoms with Gasteiger partial charge in [-0.1, -0.05) is 31.9 Å². The van der Waals surface area contributed by atoms with E-state index in [-0.39, 0.29) is 29.3 Å². The highest BCUT2D eigenvalue weighted by atomic mass is 16.5. The maximum absolute atomic E-state index is 11.3. The van der Waals surface area contributed by atoms with Gasteiger partial charge in [0.2, 0.25) is 5.75 Å². The zero-order chi connectivity index (χ0) is 29.1. The Labute approximate surface area is 241 Å². The number of rotatable bonds is 10. The van der Waals surface area contributed by atoms with E-state index in [1.165, 1.54) is 12.7 Å². The molecule has 1 aliphatic heterocycles. The Hall–Kier alpha value is -3.20. The van der Waals surface area contributed by atoms with Crippen molar-refractivity contribution in [2.75, 3.05) is 7.11 Å². The molecule has 0 bridgehead atoms. The molecule has 2 heterocycles. The number of ether oxygens (including phenoxy) is 2.